The van der Waals surface area contributed by atoms with Gasteiger partial charge < -0.3 is 5.32 Å². The van der Waals surface area contributed by atoms with E-state index in [2.05, 4.69) is 25.8 Å². The normalized spacial score (nSPS) is 11.9. The molecular weight excluding hydrogens is 294 g/mol. The summed E-state index contributed by atoms with van der Waals surface area (Å²) in [6.45, 7) is 1.90. The maximum Gasteiger partial charge on any atom is 0.320 e. The number of benzene rings is 1. The lowest BCUT2D eigenvalue weighted by Crippen LogP contribution is -2.31. The zero-order valence-electron chi connectivity index (χ0n) is 12.4. The van der Waals surface area contributed by atoms with E-state index in [1.165, 1.54) is 6.20 Å². The van der Waals surface area contributed by atoms with E-state index in [1.54, 1.807) is 6.07 Å². The van der Waals surface area contributed by atoms with Gasteiger partial charge in [0.05, 0.1) is 11.6 Å². The van der Waals surface area contributed by atoms with Gasteiger partial charge in [-0.05, 0) is 12.5 Å². The lowest BCUT2D eigenvalue weighted by molar-refractivity contribution is 0.112. The molecule has 116 valence electrons. The smallest absolute Gasteiger partial charge is 0.320 e. The molecule has 2 heterocycles. The SMILES string of the molecule is C[C@@H](NC(=O)Nc1cc2[nH]nc(C=O)c2cn1)c1ccccc1. The molecule has 7 heteroatoms. The van der Waals surface area contributed by atoms with Crippen molar-refractivity contribution in [1.29, 1.82) is 0 Å². The number of carbonyl (C=O) groups excluding carboxylic acids is 2. The zero-order valence-corrected chi connectivity index (χ0v) is 12.4. The highest BCUT2D eigenvalue weighted by atomic mass is 16.2. The predicted molar refractivity (Wildman–Crippen MR) is 86.3 cm³/mol. The number of aromatic nitrogens is 3. The van der Waals surface area contributed by atoms with Gasteiger partial charge in [-0.15, -0.1) is 0 Å². The van der Waals surface area contributed by atoms with E-state index in [9.17, 15) is 9.59 Å². The zero-order chi connectivity index (χ0) is 16.2. The number of hydrogen-bond donors (Lipinski definition) is 3. The Balaban J connectivity index is 1.69. The number of carbonyl (C=O) groups is 2. The van der Waals surface area contributed by atoms with Crippen LogP contribution in [0.3, 0.4) is 0 Å². The van der Waals surface area contributed by atoms with E-state index >= 15 is 0 Å². The molecule has 3 N–H and O–H groups in total. The molecule has 0 saturated heterocycles. The van der Waals surface area contributed by atoms with Gasteiger partial charge >= 0.3 is 6.03 Å². The number of aromatic amines is 1. The van der Waals surface area contributed by atoms with Crippen LogP contribution in [0, 0.1) is 0 Å². The molecule has 0 spiro atoms. The Labute approximate surface area is 132 Å². The van der Waals surface area contributed by atoms with Gasteiger partial charge in [0.25, 0.3) is 0 Å². The minimum Gasteiger partial charge on any atom is -0.331 e. The Kier molecular flexibility index (Phi) is 4.01. The molecule has 3 rings (SSSR count). The largest absolute Gasteiger partial charge is 0.331 e. The molecular formula is C16H15N5O2. The highest BCUT2D eigenvalue weighted by Crippen LogP contribution is 2.17. The lowest BCUT2D eigenvalue weighted by Gasteiger charge is -2.14. The van der Waals surface area contributed by atoms with Crippen LogP contribution in [0.1, 0.15) is 29.0 Å². The third-order valence-electron chi connectivity index (χ3n) is 3.48. The van der Waals surface area contributed by atoms with E-state index < -0.39 is 0 Å². The van der Waals surface area contributed by atoms with Gasteiger partial charge in [-0.2, -0.15) is 5.10 Å². The average Bonchev–Trinajstić information content (AvgIpc) is 2.97. The Morgan fingerprint density at radius 1 is 1.30 bits per heavy atom. The summed E-state index contributed by atoms with van der Waals surface area (Å²) in [6, 6.07) is 10.8. The molecule has 0 bridgehead atoms. The molecule has 1 atom stereocenters. The number of urea groups is 1. The number of fused-ring (bicyclic) bond motifs is 1. The fourth-order valence-electron chi connectivity index (χ4n) is 2.26. The van der Waals surface area contributed by atoms with Gasteiger partial charge in [0.2, 0.25) is 0 Å². The molecule has 0 aliphatic rings. The van der Waals surface area contributed by atoms with E-state index in [1.807, 2.05) is 37.3 Å². The summed E-state index contributed by atoms with van der Waals surface area (Å²) < 4.78 is 0. The lowest BCUT2D eigenvalue weighted by atomic mass is 10.1. The van der Waals surface area contributed by atoms with E-state index in [0.29, 0.717) is 28.7 Å². The number of hydrogen-bond acceptors (Lipinski definition) is 4. The van der Waals surface area contributed by atoms with Crippen LogP contribution in [-0.4, -0.2) is 27.5 Å². The summed E-state index contributed by atoms with van der Waals surface area (Å²) in [7, 11) is 0. The highest BCUT2D eigenvalue weighted by Gasteiger charge is 2.11. The average molecular weight is 309 g/mol. The topological polar surface area (TPSA) is 99.8 Å². The van der Waals surface area contributed by atoms with Gasteiger partial charge in [0, 0.05) is 17.6 Å². The van der Waals surface area contributed by atoms with Crippen LogP contribution >= 0.6 is 0 Å². The number of nitrogens with one attached hydrogen (secondary N) is 3. The van der Waals surface area contributed by atoms with E-state index in [0.717, 1.165) is 5.56 Å². The third kappa shape index (κ3) is 3.18. The molecule has 0 fully saturated rings. The van der Waals surface area contributed by atoms with E-state index in [4.69, 9.17) is 0 Å². The molecule has 7 nitrogen and oxygen atoms in total. The minimum atomic E-state index is -0.358. The Bertz CT molecular complexity index is 844. The van der Waals surface area contributed by atoms with Crippen LogP contribution in [0.25, 0.3) is 10.9 Å². The third-order valence-corrected chi connectivity index (χ3v) is 3.48. The second kappa shape index (κ2) is 6.27. The molecule has 0 aliphatic carbocycles. The first-order chi connectivity index (χ1) is 11.2. The monoisotopic (exact) mass is 309 g/mol. The molecule has 0 aliphatic heterocycles. The number of nitrogens with zero attached hydrogens (tertiary/aromatic N) is 2. The molecule has 0 radical (unpaired) electrons. The van der Waals surface area contributed by atoms with Crippen molar-refractivity contribution in [1.82, 2.24) is 20.5 Å². The fourth-order valence-corrected chi connectivity index (χ4v) is 2.26. The molecule has 3 aromatic rings. The van der Waals surface area contributed by atoms with Crippen LogP contribution in [0.5, 0.6) is 0 Å². The summed E-state index contributed by atoms with van der Waals surface area (Å²) in [5.74, 6) is 0.372. The van der Waals surface area contributed by atoms with Crippen LogP contribution in [0.4, 0.5) is 10.6 Å². The van der Waals surface area contributed by atoms with Crippen LogP contribution in [-0.2, 0) is 0 Å². The summed E-state index contributed by atoms with van der Waals surface area (Å²) in [4.78, 5) is 27.0. The van der Waals surface area contributed by atoms with Gasteiger partial charge in [0.15, 0.2) is 6.29 Å². The number of anilines is 1. The second-order valence-electron chi connectivity index (χ2n) is 5.07. The fraction of sp³-hybridized carbons (Fsp3) is 0.125. The first-order valence-electron chi connectivity index (χ1n) is 7.09. The molecule has 0 saturated carbocycles. The van der Waals surface area contributed by atoms with Gasteiger partial charge in [0.1, 0.15) is 11.5 Å². The maximum absolute atomic E-state index is 12.0. The number of amides is 2. The van der Waals surface area contributed by atoms with Crippen molar-refractivity contribution in [3.8, 4) is 0 Å². The second-order valence-corrected chi connectivity index (χ2v) is 5.07. The molecule has 2 aromatic heterocycles. The van der Waals surface area contributed by atoms with Crippen molar-refractivity contribution in [2.45, 2.75) is 13.0 Å². The van der Waals surface area contributed by atoms with Crippen molar-refractivity contribution in [3.63, 3.8) is 0 Å². The van der Waals surface area contributed by atoms with Crippen molar-refractivity contribution >= 4 is 29.0 Å². The summed E-state index contributed by atoms with van der Waals surface area (Å²) >= 11 is 0. The van der Waals surface area contributed by atoms with E-state index in [-0.39, 0.29) is 12.1 Å². The van der Waals surface area contributed by atoms with Crippen LogP contribution in [0.2, 0.25) is 0 Å². The van der Waals surface area contributed by atoms with Crippen molar-refractivity contribution in [3.05, 3.63) is 53.9 Å². The van der Waals surface area contributed by atoms with Gasteiger partial charge in [-0.3, -0.25) is 15.2 Å². The number of pyridine rings is 1. The van der Waals surface area contributed by atoms with Gasteiger partial charge in [-0.25, -0.2) is 9.78 Å². The Morgan fingerprint density at radius 2 is 2.09 bits per heavy atom. The summed E-state index contributed by atoms with van der Waals surface area (Å²) in [6.07, 6.45) is 2.15. The highest BCUT2D eigenvalue weighted by molar-refractivity contribution is 5.96. The molecule has 1 aromatic carbocycles. The molecule has 0 unspecified atom stereocenters. The van der Waals surface area contributed by atoms with Crippen LogP contribution in [0.15, 0.2) is 42.6 Å². The minimum absolute atomic E-state index is 0.131. The number of aldehydes is 1. The number of H-pyrrole nitrogens is 1. The summed E-state index contributed by atoms with van der Waals surface area (Å²) in [5.41, 5.74) is 1.94. The molecule has 2 amide bonds. The summed E-state index contributed by atoms with van der Waals surface area (Å²) in [5, 5.41) is 12.7. The van der Waals surface area contributed by atoms with Crippen LogP contribution < -0.4 is 10.6 Å². The Hall–Kier alpha value is -3.22. The predicted octanol–water partition coefficient (Wildman–Crippen LogP) is 2.65. The van der Waals surface area contributed by atoms with Crippen molar-refractivity contribution in [2.24, 2.45) is 0 Å². The number of rotatable bonds is 4. The van der Waals surface area contributed by atoms with Crippen molar-refractivity contribution in [2.75, 3.05) is 5.32 Å². The molecule has 23 heavy (non-hydrogen) atoms. The van der Waals surface area contributed by atoms with Gasteiger partial charge in [-0.1, -0.05) is 30.3 Å². The maximum atomic E-state index is 12.0. The first kappa shape index (κ1) is 14.7. The quantitative estimate of drug-likeness (QED) is 0.645. The standard InChI is InChI=1S/C16H15N5O2/c1-10(11-5-3-2-4-6-11)18-16(23)19-15-7-13-12(8-17-15)14(9-22)21-20-13/h2-10H,1H3,(H,20,21)(H2,17,18,19,23)/t10-/m1/s1. The van der Waals surface area contributed by atoms with Crippen molar-refractivity contribution < 1.29 is 9.59 Å². The first-order valence-corrected chi connectivity index (χ1v) is 7.09. The Morgan fingerprint density at radius 3 is 2.83 bits per heavy atom.